The van der Waals surface area contributed by atoms with Gasteiger partial charge in [-0.25, -0.2) is 9.78 Å². The van der Waals surface area contributed by atoms with Crippen LogP contribution in [0.3, 0.4) is 0 Å². The summed E-state index contributed by atoms with van der Waals surface area (Å²) in [5, 5.41) is 11.8. The Hall–Kier alpha value is -1.52. The molecule has 1 atom stereocenters. The lowest BCUT2D eigenvalue weighted by atomic mass is 10.2. The number of aromatic carboxylic acids is 1. The van der Waals surface area contributed by atoms with Crippen LogP contribution in [0.1, 0.15) is 29.9 Å². The number of nitrogens with one attached hydrogen (secondary N) is 1. The van der Waals surface area contributed by atoms with E-state index < -0.39 is 5.97 Å². The molecule has 0 unspecified atom stereocenters. The van der Waals surface area contributed by atoms with Crippen LogP contribution in [0.2, 0.25) is 0 Å². The van der Waals surface area contributed by atoms with E-state index in [1.807, 2.05) is 4.57 Å². The molecule has 0 saturated heterocycles. The summed E-state index contributed by atoms with van der Waals surface area (Å²) in [7, 11) is 0. The van der Waals surface area contributed by atoms with E-state index in [1.54, 1.807) is 6.20 Å². The van der Waals surface area contributed by atoms with Gasteiger partial charge in [-0.1, -0.05) is 0 Å². The number of imidazole rings is 1. The van der Waals surface area contributed by atoms with Crippen molar-refractivity contribution in [1.29, 1.82) is 0 Å². The van der Waals surface area contributed by atoms with Gasteiger partial charge in [0.2, 0.25) is 5.95 Å². The maximum atomic E-state index is 10.6. The molecule has 1 aromatic rings. The van der Waals surface area contributed by atoms with Gasteiger partial charge in [0.05, 0.1) is 0 Å². The zero-order valence-corrected chi connectivity index (χ0v) is 7.32. The topological polar surface area (TPSA) is 67.2 Å². The van der Waals surface area contributed by atoms with E-state index in [2.05, 4.69) is 17.2 Å². The number of hydrogen-bond acceptors (Lipinski definition) is 3. The fourth-order valence-electron chi connectivity index (χ4n) is 1.50. The molecule has 70 valence electrons. The Kier molecular flexibility index (Phi) is 1.72. The number of carboxylic acid groups (broad SMARTS) is 1. The van der Waals surface area contributed by atoms with Crippen LogP contribution in [-0.2, 0) is 0 Å². The molecule has 5 nitrogen and oxygen atoms in total. The minimum atomic E-state index is -0.976. The van der Waals surface area contributed by atoms with Crippen LogP contribution in [-0.4, -0.2) is 27.2 Å². The van der Waals surface area contributed by atoms with Crippen LogP contribution in [0.15, 0.2) is 6.20 Å². The predicted molar refractivity (Wildman–Crippen MR) is 47.0 cm³/mol. The molecule has 2 rings (SSSR count). The Labute approximate surface area is 75.4 Å². The first kappa shape index (κ1) is 8.10. The van der Waals surface area contributed by atoms with Crippen LogP contribution in [0.25, 0.3) is 0 Å². The largest absolute Gasteiger partial charge is 0.476 e. The standard InChI is InChI=1S/C8H11N3O2/c1-5-2-3-9-8-10-6(7(12)13)4-11(5)8/h4-5H,2-3H2,1H3,(H,9,10)(H,12,13)/t5-/m0/s1. The number of anilines is 1. The molecule has 0 bridgehead atoms. The molecular formula is C8H11N3O2. The van der Waals surface area contributed by atoms with E-state index in [-0.39, 0.29) is 5.69 Å². The van der Waals surface area contributed by atoms with Gasteiger partial charge in [-0.3, -0.25) is 0 Å². The van der Waals surface area contributed by atoms with Gasteiger partial charge in [-0.2, -0.15) is 0 Å². The third kappa shape index (κ3) is 1.26. The molecule has 0 radical (unpaired) electrons. The highest BCUT2D eigenvalue weighted by atomic mass is 16.4. The monoisotopic (exact) mass is 181 g/mol. The van der Waals surface area contributed by atoms with Crippen LogP contribution >= 0.6 is 0 Å². The minimum absolute atomic E-state index is 0.108. The molecule has 2 heterocycles. The van der Waals surface area contributed by atoms with E-state index in [0.29, 0.717) is 12.0 Å². The molecule has 5 heteroatoms. The lowest BCUT2D eigenvalue weighted by Gasteiger charge is -2.22. The molecular weight excluding hydrogens is 170 g/mol. The highest BCUT2D eigenvalue weighted by Crippen LogP contribution is 2.22. The second-order valence-electron chi connectivity index (χ2n) is 3.23. The summed E-state index contributed by atoms with van der Waals surface area (Å²) in [6.07, 6.45) is 2.58. The minimum Gasteiger partial charge on any atom is -0.476 e. The summed E-state index contributed by atoms with van der Waals surface area (Å²) in [6.45, 7) is 2.91. The Balaban J connectivity index is 2.42. The van der Waals surface area contributed by atoms with Crippen molar-refractivity contribution in [2.75, 3.05) is 11.9 Å². The van der Waals surface area contributed by atoms with Crippen molar-refractivity contribution >= 4 is 11.9 Å². The molecule has 0 saturated carbocycles. The van der Waals surface area contributed by atoms with Crippen LogP contribution in [0.5, 0.6) is 0 Å². The first-order valence-electron chi connectivity index (χ1n) is 4.24. The molecule has 0 spiro atoms. The van der Waals surface area contributed by atoms with Crippen molar-refractivity contribution in [3.63, 3.8) is 0 Å². The van der Waals surface area contributed by atoms with E-state index in [1.165, 1.54) is 0 Å². The number of carbonyl (C=O) groups is 1. The number of carboxylic acids is 1. The number of rotatable bonds is 1. The van der Waals surface area contributed by atoms with Gasteiger partial charge in [0, 0.05) is 18.8 Å². The van der Waals surface area contributed by atoms with Crippen molar-refractivity contribution in [3.8, 4) is 0 Å². The van der Waals surface area contributed by atoms with E-state index in [0.717, 1.165) is 13.0 Å². The average molecular weight is 181 g/mol. The Morgan fingerprint density at radius 2 is 2.62 bits per heavy atom. The molecule has 13 heavy (non-hydrogen) atoms. The fraction of sp³-hybridized carbons (Fsp3) is 0.500. The number of fused-ring (bicyclic) bond motifs is 1. The van der Waals surface area contributed by atoms with Crippen molar-refractivity contribution in [2.24, 2.45) is 0 Å². The second-order valence-corrected chi connectivity index (χ2v) is 3.23. The maximum Gasteiger partial charge on any atom is 0.356 e. The maximum absolute atomic E-state index is 10.6. The first-order valence-corrected chi connectivity index (χ1v) is 4.24. The van der Waals surface area contributed by atoms with Crippen LogP contribution < -0.4 is 5.32 Å². The summed E-state index contributed by atoms with van der Waals surface area (Å²) in [5.41, 5.74) is 0.108. The molecule has 0 aromatic carbocycles. The molecule has 0 aliphatic carbocycles. The van der Waals surface area contributed by atoms with Gasteiger partial charge in [-0.15, -0.1) is 0 Å². The Bertz CT molecular complexity index is 345. The van der Waals surface area contributed by atoms with Gasteiger partial charge in [-0.05, 0) is 13.3 Å². The van der Waals surface area contributed by atoms with Crippen molar-refractivity contribution < 1.29 is 9.90 Å². The van der Waals surface area contributed by atoms with Gasteiger partial charge in [0.15, 0.2) is 5.69 Å². The Morgan fingerprint density at radius 3 is 3.23 bits per heavy atom. The fourth-order valence-corrected chi connectivity index (χ4v) is 1.50. The number of hydrogen-bond donors (Lipinski definition) is 2. The Morgan fingerprint density at radius 1 is 1.85 bits per heavy atom. The second kappa shape index (κ2) is 2.76. The lowest BCUT2D eigenvalue weighted by Crippen LogP contribution is -2.20. The smallest absolute Gasteiger partial charge is 0.356 e. The SMILES string of the molecule is C[C@H]1CCNc2nc(C(=O)O)cn21. The number of aromatic nitrogens is 2. The zero-order valence-electron chi connectivity index (χ0n) is 7.32. The predicted octanol–water partition coefficient (Wildman–Crippen LogP) is 0.958. The normalized spacial score (nSPS) is 20.5. The zero-order chi connectivity index (χ0) is 9.42. The third-order valence-electron chi connectivity index (χ3n) is 2.27. The quantitative estimate of drug-likeness (QED) is 0.677. The first-order chi connectivity index (χ1) is 6.18. The summed E-state index contributed by atoms with van der Waals surface area (Å²) >= 11 is 0. The molecule has 1 aliphatic heterocycles. The molecule has 1 aromatic heterocycles. The van der Waals surface area contributed by atoms with Gasteiger partial charge < -0.3 is 15.0 Å². The van der Waals surface area contributed by atoms with Gasteiger partial charge >= 0.3 is 5.97 Å². The highest BCUT2D eigenvalue weighted by Gasteiger charge is 2.19. The molecule has 2 N–H and O–H groups in total. The highest BCUT2D eigenvalue weighted by molar-refractivity contribution is 5.85. The number of nitrogens with zero attached hydrogens (tertiary/aromatic N) is 2. The molecule has 0 amide bonds. The van der Waals surface area contributed by atoms with Crippen LogP contribution in [0.4, 0.5) is 5.95 Å². The van der Waals surface area contributed by atoms with Crippen molar-refractivity contribution in [1.82, 2.24) is 9.55 Å². The van der Waals surface area contributed by atoms with Crippen LogP contribution in [0, 0.1) is 0 Å². The van der Waals surface area contributed by atoms with Gasteiger partial charge in [0.25, 0.3) is 0 Å². The third-order valence-corrected chi connectivity index (χ3v) is 2.27. The lowest BCUT2D eigenvalue weighted by molar-refractivity contribution is 0.0691. The molecule has 1 aliphatic rings. The summed E-state index contributed by atoms with van der Waals surface area (Å²) in [4.78, 5) is 14.6. The molecule has 0 fully saturated rings. The van der Waals surface area contributed by atoms with E-state index >= 15 is 0 Å². The van der Waals surface area contributed by atoms with E-state index in [4.69, 9.17) is 5.11 Å². The van der Waals surface area contributed by atoms with Gasteiger partial charge in [0.1, 0.15) is 0 Å². The van der Waals surface area contributed by atoms with E-state index in [9.17, 15) is 4.79 Å². The van der Waals surface area contributed by atoms with Crippen molar-refractivity contribution in [2.45, 2.75) is 19.4 Å². The summed E-state index contributed by atoms with van der Waals surface area (Å²) in [6, 6.07) is 0.330. The summed E-state index contributed by atoms with van der Waals surface area (Å²) in [5.74, 6) is -0.313. The average Bonchev–Trinajstić information content (AvgIpc) is 2.49. The summed E-state index contributed by atoms with van der Waals surface area (Å²) < 4.78 is 1.87. The van der Waals surface area contributed by atoms with Crippen molar-refractivity contribution in [3.05, 3.63) is 11.9 Å².